The first kappa shape index (κ1) is 17.0. The Balaban J connectivity index is 3.42. The highest BCUT2D eigenvalue weighted by Gasteiger charge is 2.35. The molecule has 1 aromatic carbocycles. The molecule has 0 radical (unpaired) electrons. The van der Waals surface area contributed by atoms with Gasteiger partial charge in [0.1, 0.15) is 0 Å². The summed E-state index contributed by atoms with van der Waals surface area (Å²) in [6, 6.07) is 1.07. The minimum absolute atomic E-state index is 0.286. The Kier molecular flexibility index (Phi) is 5.57. The Morgan fingerprint density at radius 2 is 1.70 bits per heavy atom. The van der Waals surface area contributed by atoms with Crippen LogP contribution >= 0.6 is 11.6 Å². The molecule has 6 heteroatoms. The number of anilines is 2. The van der Waals surface area contributed by atoms with Crippen molar-refractivity contribution in [1.29, 1.82) is 0 Å². The topological polar surface area (TPSA) is 29.3 Å². The van der Waals surface area contributed by atoms with Gasteiger partial charge in [0.2, 0.25) is 0 Å². The van der Waals surface area contributed by atoms with Crippen LogP contribution in [0.15, 0.2) is 6.07 Å². The van der Waals surface area contributed by atoms with Gasteiger partial charge in [0, 0.05) is 18.8 Å². The van der Waals surface area contributed by atoms with Crippen LogP contribution in [-0.2, 0) is 6.18 Å². The van der Waals surface area contributed by atoms with E-state index in [0.717, 1.165) is 18.9 Å². The summed E-state index contributed by atoms with van der Waals surface area (Å²) < 4.78 is 39.1. The maximum atomic E-state index is 13.0. The first-order valence-corrected chi connectivity index (χ1v) is 7.02. The number of hydrogen-bond donors (Lipinski definition) is 1. The van der Waals surface area contributed by atoms with E-state index in [2.05, 4.69) is 0 Å². The molecule has 0 saturated heterocycles. The number of halogens is 4. The quantitative estimate of drug-likeness (QED) is 0.786. The average molecular weight is 309 g/mol. The van der Waals surface area contributed by atoms with Crippen molar-refractivity contribution in [1.82, 2.24) is 0 Å². The van der Waals surface area contributed by atoms with Crippen LogP contribution in [-0.4, -0.2) is 13.1 Å². The molecule has 20 heavy (non-hydrogen) atoms. The van der Waals surface area contributed by atoms with Crippen molar-refractivity contribution in [2.45, 2.75) is 39.8 Å². The molecule has 0 aliphatic carbocycles. The van der Waals surface area contributed by atoms with Crippen LogP contribution < -0.4 is 10.6 Å². The number of nitrogens with zero attached hydrogens (tertiary/aromatic N) is 1. The van der Waals surface area contributed by atoms with E-state index in [1.54, 1.807) is 0 Å². The molecule has 0 aromatic heterocycles. The lowest BCUT2D eigenvalue weighted by Crippen LogP contribution is -2.26. The molecule has 0 bridgehead atoms. The number of nitrogen functional groups attached to an aromatic ring is 1. The predicted octanol–water partition coefficient (Wildman–Crippen LogP) is 4.88. The molecule has 0 amide bonds. The predicted molar refractivity (Wildman–Crippen MR) is 78.4 cm³/mol. The monoisotopic (exact) mass is 308 g/mol. The average Bonchev–Trinajstić information content (AvgIpc) is 2.35. The molecule has 0 spiro atoms. The number of rotatable bonds is 5. The Labute approximate surface area is 122 Å². The van der Waals surface area contributed by atoms with Crippen molar-refractivity contribution in [2.75, 3.05) is 23.7 Å². The summed E-state index contributed by atoms with van der Waals surface area (Å²) in [5, 5.41) is 0.303. The molecule has 0 unspecified atom stereocenters. The Hall–Kier alpha value is -1.10. The molecule has 0 fully saturated rings. The van der Waals surface area contributed by atoms with E-state index in [0.29, 0.717) is 23.8 Å². The third kappa shape index (κ3) is 3.51. The van der Waals surface area contributed by atoms with Gasteiger partial charge >= 0.3 is 6.18 Å². The fourth-order valence-electron chi connectivity index (χ4n) is 2.15. The summed E-state index contributed by atoms with van der Waals surface area (Å²) in [7, 11) is 0. The highest BCUT2D eigenvalue weighted by Crippen LogP contribution is 2.42. The van der Waals surface area contributed by atoms with E-state index in [9.17, 15) is 13.2 Å². The summed E-state index contributed by atoms with van der Waals surface area (Å²) in [6.07, 6.45) is -2.81. The van der Waals surface area contributed by atoms with Gasteiger partial charge in [0.15, 0.2) is 0 Å². The van der Waals surface area contributed by atoms with E-state index in [1.165, 1.54) is 6.92 Å². The number of alkyl halides is 3. The Bertz CT molecular complexity index is 466. The van der Waals surface area contributed by atoms with Crippen LogP contribution in [0.4, 0.5) is 24.5 Å². The van der Waals surface area contributed by atoms with Crippen LogP contribution in [0.5, 0.6) is 0 Å². The first-order valence-electron chi connectivity index (χ1n) is 6.64. The lowest BCUT2D eigenvalue weighted by atomic mass is 10.1. The van der Waals surface area contributed by atoms with Crippen LogP contribution in [0, 0.1) is 6.92 Å². The molecule has 0 aliphatic rings. The molecular formula is C14H20ClF3N2. The molecule has 1 rings (SSSR count). The van der Waals surface area contributed by atoms with Gasteiger partial charge in [-0.2, -0.15) is 13.2 Å². The van der Waals surface area contributed by atoms with Crippen molar-refractivity contribution >= 4 is 23.0 Å². The molecule has 0 atom stereocenters. The third-order valence-corrected chi connectivity index (χ3v) is 3.64. The second kappa shape index (κ2) is 6.57. The van der Waals surface area contributed by atoms with Crippen molar-refractivity contribution < 1.29 is 13.2 Å². The third-order valence-electron chi connectivity index (χ3n) is 3.16. The van der Waals surface area contributed by atoms with Crippen molar-refractivity contribution in [3.05, 3.63) is 22.2 Å². The second-order valence-electron chi connectivity index (χ2n) is 4.78. The first-order chi connectivity index (χ1) is 9.23. The molecular weight excluding hydrogens is 289 g/mol. The number of nitrogens with two attached hydrogens (primary N) is 1. The van der Waals surface area contributed by atoms with E-state index in [1.807, 2.05) is 18.7 Å². The van der Waals surface area contributed by atoms with Crippen LogP contribution in [0.3, 0.4) is 0 Å². The molecule has 114 valence electrons. The molecule has 0 aliphatic heterocycles. The van der Waals surface area contributed by atoms with Crippen molar-refractivity contribution in [3.63, 3.8) is 0 Å². The molecule has 1 aromatic rings. The normalized spacial score (nSPS) is 11.8. The van der Waals surface area contributed by atoms with Gasteiger partial charge in [-0.25, -0.2) is 0 Å². The Morgan fingerprint density at radius 1 is 1.20 bits per heavy atom. The molecule has 0 saturated carbocycles. The van der Waals surface area contributed by atoms with E-state index in [4.69, 9.17) is 17.3 Å². The van der Waals surface area contributed by atoms with Crippen molar-refractivity contribution in [3.8, 4) is 0 Å². The number of benzene rings is 1. The second-order valence-corrected chi connectivity index (χ2v) is 5.16. The summed E-state index contributed by atoms with van der Waals surface area (Å²) in [6.45, 7) is 6.80. The zero-order valence-electron chi connectivity index (χ0n) is 11.9. The SMILES string of the molecule is CCCN(CCC)c1cc(C(F)(F)F)c(N)c(C)c1Cl. The van der Waals surface area contributed by atoms with Gasteiger partial charge in [0.05, 0.1) is 16.3 Å². The fourth-order valence-corrected chi connectivity index (χ4v) is 2.42. The standard InChI is InChI=1S/C14H20ClF3N2/c1-4-6-20(7-5-2)11-8-10(14(16,17)18)13(19)9(3)12(11)15/h8H,4-7,19H2,1-3H3. The number of hydrogen-bond acceptors (Lipinski definition) is 2. The zero-order valence-corrected chi connectivity index (χ0v) is 12.7. The van der Waals surface area contributed by atoms with E-state index in [-0.39, 0.29) is 11.3 Å². The summed E-state index contributed by atoms with van der Waals surface area (Å²) in [5.41, 5.74) is 5.16. The lowest BCUT2D eigenvalue weighted by Gasteiger charge is -2.27. The van der Waals surface area contributed by atoms with Gasteiger partial charge < -0.3 is 10.6 Å². The smallest absolute Gasteiger partial charge is 0.398 e. The minimum atomic E-state index is -4.47. The van der Waals surface area contributed by atoms with Crippen molar-refractivity contribution in [2.24, 2.45) is 0 Å². The van der Waals surface area contributed by atoms with Gasteiger partial charge in [-0.05, 0) is 31.4 Å². The van der Waals surface area contributed by atoms with E-state index < -0.39 is 11.7 Å². The van der Waals surface area contributed by atoms with Crippen LogP contribution in [0.2, 0.25) is 5.02 Å². The largest absolute Gasteiger partial charge is 0.418 e. The molecule has 2 N–H and O–H groups in total. The van der Waals surface area contributed by atoms with Gasteiger partial charge in [0.25, 0.3) is 0 Å². The Morgan fingerprint density at radius 3 is 2.10 bits per heavy atom. The summed E-state index contributed by atoms with van der Waals surface area (Å²) in [5.74, 6) is 0. The van der Waals surface area contributed by atoms with Crippen LogP contribution in [0.25, 0.3) is 0 Å². The summed E-state index contributed by atoms with van der Waals surface area (Å²) >= 11 is 6.20. The maximum Gasteiger partial charge on any atom is 0.418 e. The fraction of sp³-hybridized carbons (Fsp3) is 0.571. The van der Waals surface area contributed by atoms with Gasteiger partial charge in [-0.3, -0.25) is 0 Å². The highest BCUT2D eigenvalue weighted by atomic mass is 35.5. The molecule has 2 nitrogen and oxygen atoms in total. The van der Waals surface area contributed by atoms with Crippen LogP contribution in [0.1, 0.15) is 37.8 Å². The minimum Gasteiger partial charge on any atom is -0.398 e. The van der Waals surface area contributed by atoms with E-state index >= 15 is 0 Å². The van der Waals surface area contributed by atoms with Gasteiger partial charge in [-0.1, -0.05) is 25.4 Å². The highest BCUT2D eigenvalue weighted by molar-refractivity contribution is 6.34. The summed E-state index contributed by atoms with van der Waals surface area (Å²) in [4.78, 5) is 1.88. The zero-order chi connectivity index (χ0) is 15.5. The van der Waals surface area contributed by atoms with Gasteiger partial charge in [-0.15, -0.1) is 0 Å². The lowest BCUT2D eigenvalue weighted by molar-refractivity contribution is -0.136. The molecule has 0 heterocycles. The maximum absolute atomic E-state index is 13.0.